The SMILES string of the molecule is CCNC1CCC(C)CC1Cc1ccc(C(F)(F)F)cc1. The lowest BCUT2D eigenvalue weighted by molar-refractivity contribution is -0.137. The molecule has 0 bridgehead atoms. The van der Waals surface area contributed by atoms with Gasteiger partial charge in [0.05, 0.1) is 5.56 Å². The minimum absolute atomic E-state index is 0.494. The van der Waals surface area contributed by atoms with Crippen LogP contribution in [0.3, 0.4) is 0 Å². The largest absolute Gasteiger partial charge is 0.416 e. The minimum Gasteiger partial charge on any atom is -0.314 e. The van der Waals surface area contributed by atoms with E-state index >= 15 is 0 Å². The third kappa shape index (κ3) is 4.47. The number of hydrogen-bond donors (Lipinski definition) is 1. The molecule has 3 atom stereocenters. The molecule has 0 amide bonds. The summed E-state index contributed by atoms with van der Waals surface area (Å²) in [6.45, 7) is 5.32. The molecule has 1 saturated carbocycles. The third-order valence-corrected chi connectivity index (χ3v) is 4.49. The Balaban J connectivity index is 2.04. The van der Waals surface area contributed by atoms with Crippen LogP contribution in [0.5, 0.6) is 0 Å². The van der Waals surface area contributed by atoms with Gasteiger partial charge in [-0.15, -0.1) is 0 Å². The second kappa shape index (κ2) is 6.82. The fraction of sp³-hybridized carbons (Fsp3) is 0.647. The Morgan fingerprint density at radius 2 is 1.81 bits per heavy atom. The summed E-state index contributed by atoms with van der Waals surface area (Å²) in [5, 5.41) is 3.53. The van der Waals surface area contributed by atoms with Crippen molar-refractivity contribution in [1.29, 1.82) is 0 Å². The van der Waals surface area contributed by atoms with E-state index in [1.807, 2.05) is 0 Å². The van der Waals surface area contributed by atoms with E-state index in [2.05, 4.69) is 19.2 Å². The lowest BCUT2D eigenvalue weighted by atomic mass is 9.76. The van der Waals surface area contributed by atoms with Crippen LogP contribution in [-0.4, -0.2) is 12.6 Å². The molecule has 1 aliphatic rings. The molecule has 2 rings (SSSR count). The van der Waals surface area contributed by atoms with Crippen LogP contribution in [0.25, 0.3) is 0 Å². The molecule has 1 nitrogen and oxygen atoms in total. The zero-order valence-corrected chi connectivity index (χ0v) is 12.7. The molecule has 1 N–H and O–H groups in total. The Bertz CT molecular complexity index is 438. The number of benzene rings is 1. The molecular formula is C17H24F3N. The summed E-state index contributed by atoms with van der Waals surface area (Å²) in [6.07, 6.45) is 0.171. The van der Waals surface area contributed by atoms with Crippen molar-refractivity contribution in [3.8, 4) is 0 Å². The van der Waals surface area contributed by atoms with Gasteiger partial charge in [0.25, 0.3) is 0 Å². The van der Waals surface area contributed by atoms with E-state index in [0.717, 1.165) is 24.9 Å². The van der Waals surface area contributed by atoms with Gasteiger partial charge in [0.2, 0.25) is 0 Å². The number of hydrogen-bond acceptors (Lipinski definition) is 1. The molecule has 0 spiro atoms. The second-order valence-electron chi connectivity index (χ2n) is 6.24. The van der Waals surface area contributed by atoms with Gasteiger partial charge in [-0.25, -0.2) is 0 Å². The first-order valence-corrected chi connectivity index (χ1v) is 7.79. The van der Waals surface area contributed by atoms with Crippen LogP contribution < -0.4 is 5.32 Å². The van der Waals surface area contributed by atoms with Crippen molar-refractivity contribution in [2.24, 2.45) is 11.8 Å². The zero-order valence-electron chi connectivity index (χ0n) is 12.7. The van der Waals surface area contributed by atoms with Gasteiger partial charge in [-0.05, 0) is 61.8 Å². The fourth-order valence-corrected chi connectivity index (χ4v) is 3.39. The highest BCUT2D eigenvalue weighted by atomic mass is 19.4. The first-order chi connectivity index (χ1) is 9.90. The van der Waals surface area contributed by atoms with E-state index in [0.29, 0.717) is 17.9 Å². The molecule has 0 aromatic heterocycles. The summed E-state index contributed by atoms with van der Waals surface area (Å²) in [5.74, 6) is 1.23. The Morgan fingerprint density at radius 3 is 2.38 bits per heavy atom. The van der Waals surface area contributed by atoms with Crippen molar-refractivity contribution in [3.05, 3.63) is 35.4 Å². The van der Waals surface area contributed by atoms with Crippen LogP contribution in [-0.2, 0) is 12.6 Å². The zero-order chi connectivity index (χ0) is 15.5. The van der Waals surface area contributed by atoms with Crippen molar-refractivity contribution in [3.63, 3.8) is 0 Å². The molecule has 0 radical (unpaired) electrons. The monoisotopic (exact) mass is 299 g/mol. The molecule has 1 fully saturated rings. The molecule has 1 aromatic carbocycles. The Kier molecular flexibility index (Phi) is 5.31. The molecule has 0 aliphatic heterocycles. The predicted octanol–water partition coefficient (Wildman–Crippen LogP) is 4.66. The molecule has 118 valence electrons. The van der Waals surface area contributed by atoms with E-state index in [-0.39, 0.29) is 0 Å². The second-order valence-corrected chi connectivity index (χ2v) is 6.24. The summed E-state index contributed by atoms with van der Waals surface area (Å²) in [5.41, 5.74) is 0.441. The molecule has 1 aliphatic carbocycles. The number of halogens is 3. The highest BCUT2D eigenvalue weighted by molar-refractivity contribution is 5.25. The molecule has 0 saturated heterocycles. The minimum atomic E-state index is -4.25. The maximum absolute atomic E-state index is 12.6. The summed E-state index contributed by atoms with van der Waals surface area (Å²) >= 11 is 0. The summed E-state index contributed by atoms with van der Waals surface area (Å²) in [7, 11) is 0. The lowest BCUT2D eigenvalue weighted by Gasteiger charge is -2.35. The highest BCUT2D eigenvalue weighted by Crippen LogP contribution is 2.33. The first kappa shape index (κ1) is 16.3. The van der Waals surface area contributed by atoms with Crippen molar-refractivity contribution in [2.45, 2.75) is 51.7 Å². The van der Waals surface area contributed by atoms with Crippen LogP contribution in [0.15, 0.2) is 24.3 Å². The van der Waals surface area contributed by atoms with Gasteiger partial charge in [0.15, 0.2) is 0 Å². The molecule has 0 heterocycles. The first-order valence-electron chi connectivity index (χ1n) is 7.79. The summed E-state index contributed by atoms with van der Waals surface area (Å²) < 4.78 is 37.7. The van der Waals surface area contributed by atoms with Gasteiger partial charge in [0, 0.05) is 6.04 Å². The average Bonchev–Trinajstić information content (AvgIpc) is 2.42. The van der Waals surface area contributed by atoms with E-state index in [1.54, 1.807) is 12.1 Å². The van der Waals surface area contributed by atoms with Gasteiger partial charge in [-0.1, -0.05) is 26.0 Å². The maximum atomic E-state index is 12.6. The molecule has 1 aromatic rings. The molecule has 4 heteroatoms. The fourth-order valence-electron chi connectivity index (χ4n) is 3.39. The van der Waals surface area contributed by atoms with Crippen molar-refractivity contribution in [2.75, 3.05) is 6.54 Å². The molecule has 3 unspecified atom stereocenters. The van der Waals surface area contributed by atoms with E-state index in [4.69, 9.17) is 0 Å². The molecular weight excluding hydrogens is 275 g/mol. The van der Waals surface area contributed by atoms with Crippen LogP contribution >= 0.6 is 0 Å². The van der Waals surface area contributed by atoms with Crippen molar-refractivity contribution in [1.82, 2.24) is 5.32 Å². The van der Waals surface area contributed by atoms with Crippen molar-refractivity contribution >= 4 is 0 Å². The van der Waals surface area contributed by atoms with Crippen LogP contribution in [0, 0.1) is 11.8 Å². The van der Waals surface area contributed by atoms with Crippen LogP contribution in [0.2, 0.25) is 0 Å². The van der Waals surface area contributed by atoms with Gasteiger partial charge in [-0.2, -0.15) is 13.2 Å². The number of alkyl halides is 3. The predicted molar refractivity (Wildman–Crippen MR) is 79.1 cm³/mol. The smallest absolute Gasteiger partial charge is 0.314 e. The Labute approximate surface area is 124 Å². The normalized spacial score (nSPS) is 26.8. The maximum Gasteiger partial charge on any atom is 0.416 e. The standard InChI is InChI=1S/C17H24F3N/c1-3-21-16-9-4-12(2)10-14(16)11-13-5-7-15(8-6-13)17(18,19)20/h5-8,12,14,16,21H,3-4,9-11H2,1-2H3. The van der Waals surface area contributed by atoms with Crippen LogP contribution in [0.1, 0.15) is 44.2 Å². The van der Waals surface area contributed by atoms with Gasteiger partial charge in [0.1, 0.15) is 0 Å². The topological polar surface area (TPSA) is 12.0 Å². The van der Waals surface area contributed by atoms with Gasteiger partial charge >= 0.3 is 6.18 Å². The van der Waals surface area contributed by atoms with Gasteiger partial charge < -0.3 is 5.32 Å². The van der Waals surface area contributed by atoms with E-state index in [9.17, 15) is 13.2 Å². The highest BCUT2D eigenvalue weighted by Gasteiger charge is 2.31. The summed E-state index contributed by atoms with van der Waals surface area (Å²) in [6, 6.07) is 6.15. The van der Waals surface area contributed by atoms with Crippen LogP contribution in [0.4, 0.5) is 13.2 Å². The van der Waals surface area contributed by atoms with Crippen molar-refractivity contribution < 1.29 is 13.2 Å². The Hall–Kier alpha value is -1.03. The Morgan fingerprint density at radius 1 is 1.14 bits per heavy atom. The van der Waals surface area contributed by atoms with Gasteiger partial charge in [-0.3, -0.25) is 0 Å². The quantitative estimate of drug-likeness (QED) is 0.852. The van der Waals surface area contributed by atoms with E-state index < -0.39 is 11.7 Å². The lowest BCUT2D eigenvalue weighted by Crippen LogP contribution is -2.41. The average molecular weight is 299 g/mol. The number of nitrogens with one attached hydrogen (secondary N) is 1. The number of rotatable bonds is 4. The third-order valence-electron chi connectivity index (χ3n) is 4.49. The summed E-state index contributed by atoms with van der Waals surface area (Å²) in [4.78, 5) is 0. The van der Waals surface area contributed by atoms with E-state index in [1.165, 1.54) is 25.0 Å². The molecule has 21 heavy (non-hydrogen) atoms.